The monoisotopic (exact) mass is 141 g/mol. The third-order valence-electron chi connectivity index (χ3n) is 0.910. The van der Waals surface area contributed by atoms with Gasteiger partial charge < -0.3 is 10.3 Å². The van der Waals surface area contributed by atoms with Gasteiger partial charge in [0.25, 0.3) is 0 Å². The summed E-state index contributed by atoms with van der Waals surface area (Å²) in [7, 11) is 0. The van der Waals surface area contributed by atoms with Gasteiger partial charge in [-0.15, -0.1) is 0 Å². The molecule has 0 aromatic carbocycles. The van der Waals surface area contributed by atoms with Crippen molar-refractivity contribution in [2.24, 2.45) is 0 Å². The lowest BCUT2D eigenvalue weighted by Gasteiger charge is -1.91. The highest BCUT2D eigenvalue weighted by Gasteiger charge is 2.13. The predicted octanol–water partition coefficient (Wildman–Crippen LogP) is 0.0969. The van der Waals surface area contributed by atoms with Crippen molar-refractivity contribution in [2.45, 2.75) is 6.92 Å². The van der Waals surface area contributed by atoms with Crippen LogP contribution in [0.25, 0.3) is 5.53 Å². The largest absolute Gasteiger partial charge is 0.369 e. The molecule has 0 fully saturated rings. The fourth-order valence-corrected chi connectivity index (χ4v) is 0.370. The zero-order valence-electron chi connectivity index (χ0n) is 5.83. The molecule has 1 radical (unpaired) electrons. The van der Waals surface area contributed by atoms with E-state index >= 15 is 0 Å². The maximum Gasteiger partial charge on any atom is 0.359 e. The van der Waals surface area contributed by atoms with E-state index in [1.165, 1.54) is 6.92 Å². The maximum atomic E-state index is 10.5. The minimum atomic E-state index is -0.295. The minimum Gasteiger partial charge on any atom is -0.369 e. The Morgan fingerprint density at radius 1 is 1.80 bits per heavy atom. The van der Waals surface area contributed by atoms with Crippen LogP contribution in [0.3, 0.4) is 0 Å². The molecular formula is C6H9N2O2. The molecule has 0 aliphatic carbocycles. The molecule has 0 spiro atoms. The van der Waals surface area contributed by atoms with Crippen LogP contribution in [-0.4, -0.2) is 29.5 Å². The zero-order valence-corrected chi connectivity index (χ0v) is 5.83. The Bertz CT molecular complexity index is 171. The van der Waals surface area contributed by atoms with Crippen LogP contribution < -0.4 is 0 Å². The van der Waals surface area contributed by atoms with Crippen molar-refractivity contribution in [3.8, 4) is 0 Å². The van der Waals surface area contributed by atoms with Crippen molar-refractivity contribution < 1.29 is 14.3 Å². The summed E-state index contributed by atoms with van der Waals surface area (Å²) in [6.07, 6.45) is 0. The zero-order chi connectivity index (χ0) is 7.98. The fourth-order valence-electron chi connectivity index (χ4n) is 0.370. The molecule has 0 N–H and O–H groups in total. The lowest BCUT2D eigenvalue weighted by molar-refractivity contribution is -0.116. The Balaban J connectivity index is 3.87. The highest BCUT2D eigenvalue weighted by molar-refractivity contribution is 6.37. The maximum absolute atomic E-state index is 10.5. The molecule has 0 rings (SSSR count). The number of Topliss-reactive ketones (excluding diaryl/α,β-unsaturated/α-hetero) is 1. The molecule has 4 nitrogen and oxygen atoms in total. The smallest absolute Gasteiger partial charge is 0.359 e. The number of hydrogen-bond acceptors (Lipinski definition) is 2. The second-order valence-electron chi connectivity index (χ2n) is 1.66. The van der Waals surface area contributed by atoms with E-state index in [0.29, 0.717) is 0 Å². The molecule has 0 unspecified atom stereocenters. The van der Waals surface area contributed by atoms with Crippen LogP contribution in [0.2, 0.25) is 0 Å². The van der Waals surface area contributed by atoms with Gasteiger partial charge in [-0.25, -0.2) is 0 Å². The Kier molecular flexibility index (Phi) is 4.37. The van der Waals surface area contributed by atoms with Crippen LogP contribution in [-0.2, 0) is 9.53 Å². The Morgan fingerprint density at radius 3 is 2.70 bits per heavy atom. The third-order valence-corrected chi connectivity index (χ3v) is 0.910. The first-order valence-corrected chi connectivity index (χ1v) is 2.81. The predicted molar refractivity (Wildman–Crippen MR) is 35.5 cm³/mol. The molecule has 0 amide bonds. The summed E-state index contributed by atoms with van der Waals surface area (Å²) >= 11 is 0. The number of nitrogens with zero attached hydrogens (tertiary/aromatic N) is 2. The summed E-state index contributed by atoms with van der Waals surface area (Å²) in [5, 5.41) is 0. The quantitative estimate of drug-likeness (QED) is 0.316. The molecule has 0 aliphatic heterocycles. The SMILES string of the molecule is [CH2]COCC(=[N+]=[N-])C(C)=O. The molecular weight excluding hydrogens is 132 g/mol. The van der Waals surface area contributed by atoms with Crippen molar-refractivity contribution in [3.63, 3.8) is 0 Å². The summed E-state index contributed by atoms with van der Waals surface area (Å²) in [6, 6.07) is 0. The molecule has 10 heavy (non-hydrogen) atoms. The van der Waals surface area contributed by atoms with Gasteiger partial charge >= 0.3 is 5.71 Å². The number of carbonyl (C=O) groups excluding carboxylic acids is 1. The van der Waals surface area contributed by atoms with E-state index in [1.807, 2.05) is 0 Å². The molecule has 0 heterocycles. The van der Waals surface area contributed by atoms with Gasteiger partial charge in [0.05, 0.1) is 0 Å². The molecule has 55 valence electrons. The number of ether oxygens (including phenoxy) is 1. The van der Waals surface area contributed by atoms with E-state index in [9.17, 15) is 4.79 Å². The van der Waals surface area contributed by atoms with Gasteiger partial charge in [0.1, 0.15) is 0 Å². The second kappa shape index (κ2) is 4.85. The van der Waals surface area contributed by atoms with Gasteiger partial charge in [0.15, 0.2) is 6.61 Å². The van der Waals surface area contributed by atoms with Crippen molar-refractivity contribution >= 4 is 11.5 Å². The van der Waals surface area contributed by atoms with Gasteiger partial charge in [-0.3, -0.25) is 4.79 Å². The van der Waals surface area contributed by atoms with Gasteiger partial charge in [-0.05, 0) is 6.92 Å². The van der Waals surface area contributed by atoms with Crippen LogP contribution in [0.1, 0.15) is 6.92 Å². The first-order valence-electron chi connectivity index (χ1n) is 2.81. The summed E-state index contributed by atoms with van der Waals surface area (Å²) in [6.45, 7) is 4.97. The number of carbonyl (C=O) groups is 1. The molecule has 0 aromatic rings. The number of ketones is 1. The number of hydrogen-bond donors (Lipinski definition) is 0. The highest BCUT2D eigenvalue weighted by Crippen LogP contribution is 1.78. The summed E-state index contributed by atoms with van der Waals surface area (Å²) in [5.41, 5.74) is 8.21. The van der Waals surface area contributed by atoms with Gasteiger partial charge in [-0.2, -0.15) is 4.79 Å². The topological polar surface area (TPSA) is 62.7 Å². The summed E-state index contributed by atoms with van der Waals surface area (Å²) in [4.78, 5) is 13.2. The minimum absolute atomic E-state index is 0.0173. The van der Waals surface area contributed by atoms with E-state index in [4.69, 9.17) is 10.3 Å². The van der Waals surface area contributed by atoms with Gasteiger partial charge in [0, 0.05) is 13.5 Å². The molecule has 0 atom stereocenters. The van der Waals surface area contributed by atoms with Crippen LogP contribution in [0, 0.1) is 6.92 Å². The van der Waals surface area contributed by atoms with E-state index < -0.39 is 0 Å². The number of rotatable bonds is 4. The van der Waals surface area contributed by atoms with Crippen molar-refractivity contribution in [2.75, 3.05) is 13.2 Å². The normalized spacial score (nSPS) is 8.60. The van der Waals surface area contributed by atoms with Crippen molar-refractivity contribution in [1.29, 1.82) is 0 Å². The summed E-state index contributed by atoms with van der Waals surface area (Å²) in [5.74, 6) is -0.295. The molecule has 4 heteroatoms. The first kappa shape index (κ1) is 9.01. The van der Waals surface area contributed by atoms with Crippen molar-refractivity contribution in [3.05, 3.63) is 12.5 Å². The van der Waals surface area contributed by atoms with E-state index in [2.05, 4.69) is 11.7 Å². The highest BCUT2D eigenvalue weighted by atomic mass is 16.5. The van der Waals surface area contributed by atoms with Crippen LogP contribution in [0.5, 0.6) is 0 Å². The van der Waals surface area contributed by atoms with Crippen molar-refractivity contribution in [1.82, 2.24) is 0 Å². The lowest BCUT2D eigenvalue weighted by atomic mass is 10.3. The van der Waals surface area contributed by atoms with Crippen LogP contribution >= 0.6 is 0 Å². The third kappa shape index (κ3) is 3.12. The Morgan fingerprint density at radius 2 is 2.40 bits per heavy atom. The fraction of sp³-hybridized carbons (Fsp3) is 0.500. The molecule has 0 bridgehead atoms. The second-order valence-corrected chi connectivity index (χ2v) is 1.66. The standard InChI is InChI=1S/C6H9N2O2/c1-3-10-4-6(8-7)5(2)9/h1,3-4H2,2H3. The molecule has 0 saturated carbocycles. The molecule has 0 saturated heterocycles. The lowest BCUT2D eigenvalue weighted by Crippen LogP contribution is -2.18. The molecule has 0 aliphatic rings. The van der Waals surface area contributed by atoms with Crippen LogP contribution in [0.4, 0.5) is 0 Å². The van der Waals surface area contributed by atoms with Gasteiger partial charge in [0.2, 0.25) is 5.78 Å². The Labute approximate surface area is 59.4 Å². The van der Waals surface area contributed by atoms with Gasteiger partial charge in [-0.1, -0.05) is 0 Å². The van der Waals surface area contributed by atoms with E-state index in [0.717, 1.165) is 0 Å². The van der Waals surface area contributed by atoms with Crippen LogP contribution in [0.15, 0.2) is 0 Å². The summed E-state index contributed by atoms with van der Waals surface area (Å²) < 4.78 is 4.73. The van der Waals surface area contributed by atoms with E-state index in [-0.39, 0.29) is 24.7 Å². The molecule has 0 aromatic heterocycles. The Hall–Kier alpha value is -0.990. The average Bonchev–Trinajstić information content (AvgIpc) is 1.89. The average molecular weight is 141 g/mol. The first-order chi connectivity index (χ1) is 4.72. The van der Waals surface area contributed by atoms with E-state index in [1.54, 1.807) is 0 Å².